The van der Waals surface area contributed by atoms with Crippen LogP contribution in [0.25, 0.3) is 0 Å². The number of unbranched alkanes of at least 4 members (excludes halogenated alkanes) is 4. The highest BCUT2D eigenvalue weighted by molar-refractivity contribution is 5.75. The molecule has 1 fully saturated rings. The Hall–Kier alpha value is -1.77. The first kappa shape index (κ1) is 19.6. The van der Waals surface area contributed by atoms with Crippen LogP contribution in [0.5, 0.6) is 11.5 Å². The summed E-state index contributed by atoms with van der Waals surface area (Å²) in [5.74, 6) is 2.16. The second-order valence-electron chi connectivity index (χ2n) is 7.19. The van der Waals surface area contributed by atoms with Gasteiger partial charge in [-0.15, -0.1) is 6.58 Å². The van der Waals surface area contributed by atoms with Crippen molar-refractivity contribution in [3.05, 3.63) is 36.9 Å². The molecule has 1 aromatic carbocycles. The summed E-state index contributed by atoms with van der Waals surface area (Å²) in [5, 5.41) is 0. The molecule has 1 aromatic rings. The molecular weight excluding hydrogens is 312 g/mol. The third-order valence-electron chi connectivity index (χ3n) is 4.96. The van der Waals surface area contributed by atoms with Crippen LogP contribution in [0.1, 0.15) is 64.7 Å². The maximum atomic E-state index is 12.2. The van der Waals surface area contributed by atoms with Crippen molar-refractivity contribution in [2.45, 2.75) is 64.7 Å². The van der Waals surface area contributed by atoms with Gasteiger partial charge >= 0.3 is 5.97 Å². The van der Waals surface area contributed by atoms with E-state index in [9.17, 15) is 4.79 Å². The van der Waals surface area contributed by atoms with Gasteiger partial charge in [-0.2, -0.15) is 0 Å². The number of rotatable bonds is 10. The van der Waals surface area contributed by atoms with Crippen LogP contribution in [-0.2, 0) is 4.79 Å². The quantitative estimate of drug-likeness (QED) is 0.228. The number of allylic oxidation sites excluding steroid dienone is 1. The molecule has 0 atom stereocenters. The summed E-state index contributed by atoms with van der Waals surface area (Å²) in [4.78, 5) is 12.2. The minimum absolute atomic E-state index is 0.0632. The van der Waals surface area contributed by atoms with E-state index in [1.807, 2.05) is 30.3 Å². The molecule has 0 spiro atoms. The van der Waals surface area contributed by atoms with E-state index in [-0.39, 0.29) is 11.9 Å². The fourth-order valence-corrected chi connectivity index (χ4v) is 3.23. The number of ether oxygens (including phenoxy) is 2. The van der Waals surface area contributed by atoms with Gasteiger partial charge in [0.05, 0.1) is 12.5 Å². The fraction of sp³-hybridized carbons (Fsp3) is 0.591. The number of hydrogen-bond donors (Lipinski definition) is 0. The predicted octanol–water partition coefficient (Wildman–Crippen LogP) is 5.93. The molecule has 0 saturated heterocycles. The van der Waals surface area contributed by atoms with Gasteiger partial charge in [0.15, 0.2) is 0 Å². The number of hydrogen-bond acceptors (Lipinski definition) is 3. The molecule has 25 heavy (non-hydrogen) atoms. The van der Waals surface area contributed by atoms with E-state index < -0.39 is 0 Å². The van der Waals surface area contributed by atoms with Crippen molar-refractivity contribution in [1.82, 2.24) is 0 Å². The fourth-order valence-electron chi connectivity index (χ4n) is 3.23. The molecule has 0 N–H and O–H groups in total. The second kappa shape index (κ2) is 11.0. The van der Waals surface area contributed by atoms with Gasteiger partial charge in [-0.3, -0.25) is 4.79 Å². The lowest BCUT2D eigenvalue weighted by Gasteiger charge is -2.24. The van der Waals surface area contributed by atoms with Crippen LogP contribution in [0.3, 0.4) is 0 Å². The molecule has 3 nitrogen and oxygen atoms in total. The van der Waals surface area contributed by atoms with E-state index in [1.165, 1.54) is 19.3 Å². The zero-order valence-corrected chi connectivity index (χ0v) is 15.5. The average Bonchev–Trinajstić information content (AvgIpc) is 2.63. The predicted molar refractivity (Wildman–Crippen MR) is 102 cm³/mol. The van der Waals surface area contributed by atoms with Crippen molar-refractivity contribution in [2.75, 3.05) is 6.61 Å². The Balaban J connectivity index is 1.65. The van der Waals surface area contributed by atoms with Gasteiger partial charge in [0.25, 0.3) is 0 Å². The van der Waals surface area contributed by atoms with Crippen LogP contribution in [0.15, 0.2) is 36.9 Å². The summed E-state index contributed by atoms with van der Waals surface area (Å²) in [6.45, 7) is 6.71. The maximum Gasteiger partial charge on any atom is 0.314 e. The van der Waals surface area contributed by atoms with Crippen molar-refractivity contribution < 1.29 is 14.3 Å². The third-order valence-corrected chi connectivity index (χ3v) is 4.96. The standard InChI is InChI=1S/C22H32O3/c1-3-4-5-6-7-8-17-24-20-13-15-21(16-14-20)25-22(23)19-11-9-18(2)10-12-19/h3,13-16,18-19H,1,4-12,17H2,2H3. The summed E-state index contributed by atoms with van der Waals surface area (Å²) in [6, 6.07) is 7.40. The van der Waals surface area contributed by atoms with Crippen LogP contribution in [0.4, 0.5) is 0 Å². The van der Waals surface area contributed by atoms with Crippen molar-refractivity contribution in [3.8, 4) is 11.5 Å². The summed E-state index contributed by atoms with van der Waals surface area (Å²) in [5.41, 5.74) is 0. The Kier molecular flexibility index (Phi) is 8.58. The molecule has 3 heteroatoms. The zero-order chi connectivity index (χ0) is 17.9. The van der Waals surface area contributed by atoms with Gasteiger partial charge in [-0.1, -0.05) is 25.8 Å². The van der Waals surface area contributed by atoms with E-state index in [2.05, 4.69) is 13.5 Å². The first-order valence-electron chi connectivity index (χ1n) is 9.74. The molecule has 2 rings (SSSR count). The molecule has 1 aliphatic rings. The number of carbonyl (C=O) groups is 1. The highest BCUT2D eigenvalue weighted by Crippen LogP contribution is 2.29. The molecule has 0 radical (unpaired) electrons. The van der Waals surface area contributed by atoms with Crippen LogP contribution in [-0.4, -0.2) is 12.6 Å². The summed E-state index contributed by atoms with van der Waals surface area (Å²) < 4.78 is 11.3. The number of carbonyl (C=O) groups excluding carboxylic acids is 1. The van der Waals surface area contributed by atoms with Crippen LogP contribution in [0.2, 0.25) is 0 Å². The summed E-state index contributed by atoms with van der Waals surface area (Å²) in [6.07, 6.45) is 11.9. The monoisotopic (exact) mass is 344 g/mol. The van der Waals surface area contributed by atoms with Crippen molar-refractivity contribution in [2.24, 2.45) is 11.8 Å². The van der Waals surface area contributed by atoms with Crippen LogP contribution < -0.4 is 9.47 Å². The molecule has 0 heterocycles. The van der Waals surface area contributed by atoms with Gasteiger partial charge in [0.1, 0.15) is 11.5 Å². The van der Waals surface area contributed by atoms with Gasteiger partial charge in [0.2, 0.25) is 0 Å². The molecule has 0 aromatic heterocycles. The molecular formula is C22H32O3. The average molecular weight is 344 g/mol. The highest BCUT2D eigenvalue weighted by Gasteiger charge is 2.25. The van der Waals surface area contributed by atoms with E-state index in [0.29, 0.717) is 5.75 Å². The van der Waals surface area contributed by atoms with Crippen molar-refractivity contribution >= 4 is 5.97 Å². The van der Waals surface area contributed by atoms with E-state index in [0.717, 1.165) is 56.8 Å². The van der Waals surface area contributed by atoms with Gasteiger partial charge < -0.3 is 9.47 Å². The summed E-state index contributed by atoms with van der Waals surface area (Å²) in [7, 11) is 0. The van der Waals surface area contributed by atoms with E-state index in [4.69, 9.17) is 9.47 Å². The Morgan fingerprint density at radius 3 is 2.36 bits per heavy atom. The van der Waals surface area contributed by atoms with Gasteiger partial charge in [0, 0.05) is 0 Å². The molecule has 1 aliphatic carbocycles. The van der Waals surface area contributed by atoms with Crippen molar-refractivity contribution in [3.63, 3.8) is 0 Å². The molecule has 0 aliphatic heterocycles. The molecule has 0 amide bonds. The number of benzene rings is 1. The molecule has 138 valence electrons. The third kappa shape index (κ3) is 7.33. The first-order chi connectivity index (χ1) is 12.2. The lowest BCUT2D eigenvalue weighted by molar-refractivity contribution is -0.140. The second-order valence-corrected chi connectivity index (χ2v) is 7.19. The van der Waals surface area contributed by atoms with E-state index >= 15 is 0 Å². The first-order valence-corrected chi connectivity index (χ1v) is 9.74. The Morgan fingerprint density at radius 2 is 1.68 bits per heavy atom. The van der Waals surface area contributed by atoms with E-state index in [1.54, 1.807) is 0 Å². The SMILES string of the molecule is C=CCCCCCCOc1ccc(OC(=O)C2CCC(C)CC2)cc1. The maximum absolute atomic E-state index is 12.2. The van der Waals surface area contributed by atoms with Gasteiger partial charge in [-0.05, 0) is 75.1 Å². The highest BCUT2D eigenvalue weighted by atomic mass is 16.5. The lowest BCUT2D eigenvalue weighted by atomic mass is 9.83. The number of esters is 1. The zero-order valence-electron chi connectivity index (χ0n) is 15.5. The van der Waals surface area contributed by atoms with Gasteiger partial charge in [-0.25, -0.2) is 0 Å². The minimum Gasteiger partial charge on any atom is -0.494 e. The topological polar surface area (TPSA) is 35.5 Å². The Morgan fingerprint density at radius 1 is 1.04 bits per heavy atom. The molecule has 0 unspecified atom stereocenters. The summed E-state index contributed by atoms with van der Waals surface area (Å²) >= 11 is 0. The van der Waals surface area contributed by atoms with Crippen LogP contribution in [0, 0.1) is 11.8 Å². The Labute approximate surface area is 152 Å². The Bertz CT molecular complexity index is 513. The van der Waals surface area contributed by atoms with Crippen LogP contribution >= 0.6 is 0 Å². The van der Waals surface area contributed by atoms with Crippen molar-refractivity contribution in [1.29, 1.82) is 0 Å². The largest absolute Gasteiger partial charge is 0.494 e. The smallest absolute Gasteiger partial charge is 0.314 e. The molecule has 0 bridgehead atoms. The lowest BCUT2D eigenvalue weighted by Crippen LogP contribution is -2.24. The normalized spacial score (nSPS) is 20.0. The minimum atomic E-state index is -0.0832. The molecule has 1 saturated carbocycles.